The number of alkyl carbamates (subject to hydrolysis) is 1. The number of carboxylic acid groups (broad SMARTS) is 1. The molecule has 1 atom stereocenters. The Bertz CT molecular complexity index is 1270. The van der Waals surface area contributed by atoms with Crippen molar-refractivity contribution < 1.29 is 24.2 Å². The molecule has 0 spiro atoms. The molecule has 1 aliphatic carbocycles. The van der Waals surface area contributed by atoms with Crippen LogP contribution in [-0.2, 0) is 22.6 Å². The molecule has 0 saturated carbocycles. The first-order valence-electron chi connectivity index (χ1n) is 11.7. The number of hydrogen-bond acceptors (Lipinski definition) is 4. The molecule has 7 nitrogen and oxygen atoms in total. The summed E-state index contributed by atoms with van der Waals surface area (Å²) >= 11 is 0. The number of hydrogen-bond donors (Lipinski definition) is 2. The molecule has 0 bridgehead atoms. The van der Waals surface area contributed by atoms with Gasteiger partial charge >= 0.3 is 12.1 Å². The summed E-state index contributed by atoms with van der Waals surface area (Å²) in [6.07, 6.45) is -0.253. The first-order chi connectivity index (χ1) is 17.0. The van der Waals surface area contributed by atoms with E-state index < -0.39 is 18.1 Å². The highest BCUT2D eigenvalue weighted by atomic mass is 16.5. The maximum absolute atomic E-state index is 13.2. The predicted molar refractivity (Wildman–Crippen MR) is 130 cm³/mol. The third-order valence-electron chi connectivity index (χ3n) is 6.87. The summed E-state index contributed by atoms with van der Waals surface area (Å²) in [6.45, 7) is 2.51. The van der Waals surface area contributed by atoms with E-state index in [1.807, 2.05) is 37.3 Å². The Morgan fingerprint density at radius 1 is 0.971 bits per heavy atom. The van der Waals surface area contributed by atoms with E-state index in [2.05, 4.69) is 29.6 Å². The second-order valence-corrected chi connectivity index (χ2v) is 8.87. The molecule has 0 saturated heterocycles. The monoisotopic (exact) mass is 470 g/mol. The highest BCUT2D eigenvalue weighted by Gasteiger charge is 2.33. The fourth-order valence-corrected chi connectivity index (χ4v) is 5.12. The molecule has 2 amide bonds. The molecule has 2 N–H and O–H groups in total. The number of nitrogens with one attached hydrogen (secondary N) is 1. The van der Waals surface area contributed by atoms with Gasteiger partial charge in [-0.15, -0.1) is 0 Å². The fraction of sp³-hybridized carbons (Fsp3) is 0.250. The predicted octanol–water partition coefficient (Wildman–Crippen LogP) is 4.54. The normalized spacial score (nSPS) is 14.6. The standard InChI is InChI=1S/C28H26N2O5/c1-2-25(26(31)30-14-17-8-7-13-22(27(32)33)23(17)15-30)29-28(34)35-16-24-20-11-5-3-9-18(20)19-10-4-6-12-21(19)24/h3-13,24-25H,2,14-16H2,1H3,(H,29,34)(H,32,33)/t25-/m0/s1. The molecule has 2 aliphatic rings. The molecule has 3 aromatic rings. The van der Waals surface area contributed by atoms with Crippen molar-refractivity contribution in [1.82, 2.24) is 10.2 Å². The van der Waals surface area contributed by atoms with E-state index in [0.29, 0.717) is 18.5 Å². The zero-order valence-electron chi connectivity index (χ0n) is 19.4. The maximum Gasteiger partial charge on any atom is 0.407 e. The molecule has 35 heavy (non-hydrogen) atoms. The number of fused-ring (bicyclic) bond motifs is 4. The summed E-state index contributed by atoms with van der Waals surface area (Å²) in [5, 5.41) is 12.2. The van der Waals surface area contributed by atoms with Crippen LogP contribution in [0, 0.1) is 0 Å². The highest BCUT2D eigenvalue weighted by Crippen LogP contribution is 2.44. The van der Waals surface area contributed by atoms with Crippen LogP contribution >= 0.6 is 0 Å². The molecular weight excluding hydrogens is 444 g/mol. The maximum atomic E-state index is 13.2. The van der Waals surface area contributed by atoms with Gasteiger partial charge in [0.1, 0.15) is 12.6 Å². The molecule has 178 valence electrons. The number of aromatic carboxylic acids is 1. The van der Waals surface area contributed by atoms with Gasteiger partial charge in [0.05, 0.1) is 5.56 Å². The quantitative estimate of drug-likeness (QED) is 0.551. The van der Waals surface area contributed by atoms with E-state index in [-0.39, 0.29) is 30.5 Å². The third-order valence-corrected chi connectivity index (χ3v) is 6.87. The van der Waals surface area contributed by atoms with E-state index in [9.17, 15) is 19.5 Å². The Labute approximate surface area is 203 Å². The van der Waals surface area contributed by atoms with Crippen LogP contribution in [0.4, 0.5) is 4.79 Å². The lowest BCUT2D eigenvalue weighted by atomic mass is 9.98. The number of rotatable bonds is 6. The number of benzene rings is 3. The molecule has 3 aromatic carbocycles. The van der Waals surface area contributed by atoms with E-state index in [4.69, 9.17) is 4.74 Å². The highest BCUT2D eigenvalue weighted by molar-refractivity contribution is 5.91. The Kier molecular flexibility index (Phi) is 5.99. The van der Waals surface area contributed by atoms with Crippen molar-refractivity contribution in [3.05, 3.63) is 94.5 Å². The van der Waals surface area contributed by atoms with E-state index in [1.165, 1.54) is 0 Å². The molecule has 1 heterocycles. The zero-order chi connectivity index (χ0) is 24.5. The summed E-state index contributed by atoms with van der Waals surface area (Å²) < 4.78 is 5.60. The smallest absolute Gasteiger partial charge is 0.407 e. The lowest BCUT2D eigenvalue weighted by Crippen LogP contribution is -2.47. The van der Waals surface area contributed by atoms with Gasteiger partial charge in [-0.3, -0.25) is 4.79 Å². The van der Waals surface area contributed by atoms with Gasteiger partial charge in [0.2, 0.25) is 5.91 Å². The van der Waals surface area contributed by atoms with Crippen molar-refractivity contribution in [3.8, 4) is 11.1 Å². The minimum Gasteiger partial charge on any atom is -0.478 e. The van der Waals surface area contributed by atoms with Crippen LogP contribution in [-0.4, -0.2) is 40.6 Å². The van der Waals surface area contributed by atoms with Crippen molar-refractivity contribution in [2.24, 2.45) is 0 Å². The summed E-state index contributed by atoms with van der Waals surface area (Å²) in [4.78, 5) is 39.0. The molecular formula is C28H26N2O5. The van der Waals surface area contributed by atoms with Crippen LogP contribution < -0.4 is 5.32 Å². The van der Waals surface area contributed by atoms with Crippen LogP contribution in [0.2, 0.25) is 0 Å². The number of carboxylic acids is 1. The van der Waals surface area contributed by atoms with Gasteiger partial charge < -0.3 is 20.1 Å². The Hall–Kier alpha value is -4.13. The van der Waals surface area contributed by atoms with Crippen LogP contribution in [0.1, 0.15) is 51.9 Å². The van der Waals surface area contributed by atoms with Gasteiger partial charge in [0, 0.05) is 19.0 Å². The van der Waals surface area contributed by atoms with Crippen molar-refractivity contribution in [2.75, 3.05) is 6.61 Å². The van der Waals surface area contributed by atoms with Gasteiger partial charge in [-0.25, -0.2) is 9.59 Å². The van der Waals surface area contributed by atoms with E-state index >= 15 is 0 Å². The number of carbonyl (C=O) groups is 3. The van der Waals surface area contributed by atoms with Gasteiger partial charge in [-0.05, 0) is 45.9 Å². The van der Waals surface area contributed by atoms with E-state index in [1.54, 1.807) is 17.0 Å². The zero-order valence-corrected chi connectivity index (χ0v) is 19.4. The minimum atomic E-state index is -1.01. The summed E-state index contributed by atoms with van der Waals surface area (Å²) in [7, 11) is 0. The summed E-state index contributed by atoms with van der Waals surface area (Å²) in [5.74, 6) is -1.33. The van der Waals surface area contributed by atoms with Crippen molar-refractivity contribution >= 4 is 18.0 Å². The number of amides is 2. The largest absolute Gasteiger partial charge is 0.478 e. The van der Waals surface area contributed by atoms with Gasteiger partial charge in [0.15, 0.2) is 0 Å². The second-order valence-electron chi connectivity index (χ2n) is 8.87. The topological polar surface area (TPSA) is 95.9 Å². The van der Waals surface area contributed by atoms with Crippen LogP contribution in [0.25, 0.3) is 11.1 Å². The Balaban J connectivity index is 1.23. The second kappa shape index (κ2) is 9.25. The van der Waals surface area contributed by atoms with Crippen molar-refractivity contribution in [1.29, 1.82) is 0 Å². The summed E-state index contributed by atoms with van der Waals surface area (Å²) in [6, 6.07) is 20.5. The number of carbonyl (C=O) groups excluding carboxylic acids is 2. The van der Waals surface area contributed by atoms with Gasteiger partial charge in [-0.2, -0.15) is 0 Å². The number of nitrogens with zero attached hydrogens (tertiary/aromatic N) is 1. The molecule has 0 aromatic heterocycles. The SMILES string of the molecule is CC[C@H](NC(=O)OCC1c2ccccc2-c2ccccc21)C(=O)N1Cc2cccc(C(=O)O)c2C1. The van der Waals surface area contributed by atoms with Crippen LogP contribution in [0.5, 0.6) is 0 Å². The average Bonchev–Trinajstić information content (AvgIpc) is 3.45. The van der Waals surface area contributed by atoms with Crippen LogP contribution in [0.3, 0.4) is 0 Å². The molecule has 0 radical (unpaired) electrons. The van der Waals surface area contributed by atoms with Crippen molar-refractivity contribution in [2.45, 2.75) is 38.4 Å². The van der Waals surface area contributed by atoms with Crippen molar-refractivity contribution in [3.63, 3.8) is 0 Å². The lowest BCUT2D eigenvalue weighted by molar-refractivity contribution is -0.134. The van der Waals surface area contributed by atoms with E-state index in [0.717, 1.165) is 27.8 Å². The molecule has 7 heteroatoms. The lowest BCUT2D eigenvalue weighted by Gasteiger charge is -2.23. The average molecular weight is 471 g/mol. The summed E-state index contributed by atoms with van der Waals surface area (Å²) in [5.41, 5.74) is 6.19. The van der Waals surface area contributed by atoms with Crippen LogP contribution in [0.15, 0.2) is 66.7 Å². The van der Waals surface area contributed by atoms with Gasteiger partial charge in [-0.1, -0.05) is 67.6 Å². The Morgan fingerprint density at radius 2 is 1.63 bits per heavy atom. The van der Waals surface area contributed by atoms with Gasteiger partial charge in [0.25, 0.3) is 0 Å². The first-order valence-corrected chi connectivity index (χ1v) is 11.7. The molecule has 0 fully saturated rings. The Morgan fingerprint density at radius 3 is 2.26 bits per heavy atom. The first kappa shape index (κ1) is 22.7. The molecule has 1 aliphatic heterocycles. The third kappa shape index (κ3) is 4.14. The number of ether oxygens (including phenoxy) is 1. The molecule has 0 unspecified atom stereocenters. The minimum absolute atomic E-state index is 0.0635. The molecule has 5 rings (SSSR count). The fourth-order valence-electron chi connectivity index (χ4n) is 5.12.